The van der Waals surface area contributed by atoms with E-state index in [1.807, 2.05) is 12.1 Å². The number of hydrogen-bond donors (Lipinski definition) is 1. The van der Waals surface area contributed by atoms with Gasteiger partial charge in [0.1, 0.15) is 5.82 Å². The molecule has 0 unspecified atom stereocenters. The second kappa shape index (κ2) is 9.31. The van der Waals surface area contributed by atoms with E-state index in [1.54, 1.807) is 52.3 Å². The number of urea groups is 1. The molecule has 3 amide bonds. The molecular weight excluding hydrogens is 407 g/mol. The van der Waals surface area contributed by atoms with E-state index in [1.165, 1.54) is 18.2 Å². The topological polar surface area (TPSA) is 76.4 Å². The number of anilines is 2. The van der Waals surface area contributed by atoms with Crippen LogP contribution < -0.4 is 10.2 Å². The van der Waals surface area contributed by atoms with E-state index in [2.05, 4.69) is 11.4 Å². The standard InChI is InChI=1S/C25H21FN4O2/c26-23-5-2-1-4-22(23)24(31)28-20-10-12-21(13-11-20)30-15-3-14-29(25(30)32)17-19-8-6-18(16-27)7-9-19/h1-2,4-13H,3,14-15,17H2,(H,28,31). The smallest absolute Gasteiger partial charge is 0.322 e. The molecule has 0 saturated carbocycles. The predicted octanol–water partition coefficient (Wildman–Crippen LogP) is 4.78. The van der Waals surface area contributed by atoms with Gasteiger partial charge in [-0.25, -0.2) is 9.18 Å². The van der Waals surface area contributed by atoms with Gasteiger partial charge < -0.3 is 10.2 Å². The molecule has 0 aliphatic carbocycles. The first-order chi connectivity index (χ1) is 15.5. The number of nitriles is 1. The zero-order chi connectivity index (χ0) is 22.5. The summed E-state index contributed by atoms with van der Waals surface area (Å²) in [7, 11) is 0. The first-order valence-corrected chi connectivity index (χ1v) is 10.3. The second-order valence-electron chi connectivity index (χ2n) is 7.50. The van der Waals surface area contributed by atoms with Crippen molar-refractivity contribution in [2.75, 3.05) is 23.3 Å². The van der Waals surface area contributed by atoms with Crippen molar-refractivity contribution in [1.82, 2.24) is 4.90 Å². The highest BCUT2D eigenvalue weighted by molar-refractivity contribution is 6.04. The Morgan fingerprint density at radius 1 is 1.00 bits per heavy atom. The van der Waals surface area contributed by atoms with Crippen molar-refractivity contribution in [2.24, 2.45) is 0 Å². The largest absolute Gasteiger partial charge is 0.324 e. The van der Waals surface area contributed by atoms with Gasteiger partial charge in [-0.05, 0) is 60.5 Å². The van der Waals surface area contributed by atoms with Crippen molar-refractivity contribution in [3.05, 3.63) is 95.3 Å². The average Bonchev–Trinajstić information content (AvgIpc) is 2.82. The minimum absolute atomic E-state index is 0.0266. The Hall–Kier alpha value is -4.18. The number of nitrogens with one attached hydrogen (secondary N) is 1. The highest BCUT2D eigenvalue weighted by atomic mass is 19.1. The molecule has 160 valence electrons. The van der Waals surface area contributed by atoms with Crippen LogP contribution in [0.3, 0.4) is 0 Å². The molecule has 1 aliphatic rings. The van der Waals surface area contributed by atoms with E-state index < -0.39 is 11.7 Å². The summed E-state index contributed by atoms with van der Waals surface area (Å²) < 4.78 is 13.8. The number of halogens is 1. The summed E-state index contributed by atoms with van der Waals surface area (Å²) >= 11 is 0. The molecule has 4 rings (SSSR count). The molecule has 32 heavy (non-hydrogen) atoms. The minimum Gasteiger partial charge on any atom is -0.322 e. The van der Waals surface area contributed by atoms with Crippen LogP contribution in [-0.2, 0) is 6.54 Å². The molecule has 0 aromatic heterocycles. The van der Waals surface area contributed by atoms with Crippen LogP contribution in [0.2, 0.25) is 0 Å². The lowest BCUT2D eigenvalue weighted by molar-refractivity contribution is 0.102. The van der Waals surface area contributed by atoms with E-state index in [-0.39, 0.29) is 11.6 Å². The van der Waals surface area contributed by atoms with Gasteiger partial charge in [-0.3, -0.25) is 9.69 Å². The molecule has 0 atom stereocenters. The Bertz CT molecular complexity index is 1170. The van der Waals surface area contributed by atoms with Crippen LogP contribution in [0.15, 0.2) is 72.8 Å². The quantitative estimate of drug-likeness (QED) is 0.635. The van der Waals surface area contributed by atoms with E-state index in [0.29, 0.717) is 30.9 Å². The maximum Gasteiger partial charge on any atom is 0.324 e. The van der Waals surface area contributed by atoms with Crippen molar-refractivity contribution < 1.29 is 14.0 Å². The normalized spacial score (nSPS) is 13.6. The molecule has 3 aromatic carbocycles. The highest BCUT2D eigenvalue weighted by Crippen LogP contribution is 2.24. The van der Waals surface area contributed by atoms with Crippen LogP contribution in [0.4, 0.5) is 20.6 Å². The van der Waals surface area contributed by atoms with Gasteiger partial charge in [0.2, 0.25) is 0 Å². The minimum atomic E-state index is -0.581. The van der Waals surface area contributed by atoms with Crippen LogP contribution in [0, 0.1) is 17.1 Å². The van der Waals surface area contributed by atoms with Crippen molar-refractivity contribution in [3.8, 4) is 6.07 Å². The third-order valence-electron chi connectivity index (χ3n) is 5.32. The third-order valence-corrected chi connectivity index (χ3v) is 5.32. The Morgan fingerprint density at radius 2 is 1.72 bits per heavy atom. The third kappa shape index (κ3) is 4.60. The molecule has 6 nitrogen and oxygen atoms in total. The molecule has 0 spiro atoms. The first-order valence-electron chi connectivity index (χ1n) is 10.3. The number of carbonyl (C=O) groups excluding carboxylic acids is 2. The number of carbonyl (C=O) groups is 2. The van der Waals surface area contributed by atoms with Crippen molar-refractivity contribution >= 4 is 23.3 Å². The van der Waals surface area contributed by atoms with Crippen LogP contribution in [0.5, 0.6) is 0 Å². The lowest BCUT2D eigenvalue weighted by Gasteiger charge is -2.35. The van der Waals surface area contributed by atoms with Gasteiger partial charge in [-0.1, -0.05) is 24.3 Å². The lowest BCUT2D eigenvalue weighted by Crippen LogP contribution is -2.49. The van der Waals surface area contributed by atoms with Gasteiger partial charge in [0, 0.05) is 31.0 Å². The maximum atomic E-state index is 13.8. The average molecular weight is 428 g/mol. The highest BCUT2D eigenvalue weighted by Gasteiger charge is 2.26. The number of amides is 3. The predicted molar refractivity (Wildman–Crippen MR) is 120 cm³/mol. The van der Waals surface area contributed by atoms with Crippen molar-refractivity contribution in [2.45, 2.75) is 13.0 Å². The molecule has 1 heterocycles. The summed E-state index contributed by atoms with van der Waals surface area (Å²) in [4.78, 5) is 28.8. The van der Waals surface area contributed by atoms with Crippen LogP contribution in [0.25, 0.3) is 0 Å². The van der Waals surface area contributed by atoms with Crippen molar-refractivity contribution in [1.29, 1.82) is 5.26 Å². The zero-order valence-electron chi connectivity index (χ0n) is 17.3. The summed E-state index contributed by atoms with van der Waals surface area (Å²) in [5.74, 6) is -1.11. The Labute approximate surface area is 185 Å². The molecule has 1 aliphatic heterocycles. The monoisotopic (exact) mass is 428 g/mol. The number of hydrogen-bond acceptors (Lipinski definition) is 3. The maximum absolute atomic E-state index is 13.8. The van der Waals surface area contributed by atoms with E-state index >= 15 is 0 Å². The molecule has 7 heteroatoms. The number of benzene rings is 3. The van der Waals surface area contributed by atoms with Gasteiger partial charge >= 0.3 is 6.03 Å². The first kappa shape index (κ1) is 21.1. The van der Waals surface area contributed by atoms with E-state index in [0.717, 1.165) is 17.7 Å². The summed E-state index contributed by atoms with van der Waals surface area (Å²) in [6.45, 7) is 1.73. The summed E-state index contributed by atoms with van der Waals surface area (Å²) in [6, 6.07) is 21.9. The molecule has 0 radical (unpaired) electrons. The molecule has 3 aromatic rings. The van der Waals surface area contributed by atoms with Gasteiger partial charge in [-0.15, -0.1) is 0 Å². The fourth-order valence-electron chi connectivity index (χ4n) is 3.64. The number of rotatable bonds is 5. The zero-order valence-corrected chi connectivity index (χ0v) is 17.3. The summed E-state index contributed by atoms with van der Waals surface area (Å²) in [6.07, 6.45) is 0.827. The van der Waals surface area contributed by atoms with Crippen LogP contribution in [0.1, 0.15) is 27.9 Å². The van der Waals surface area contributed by atoms with Crippen LogP contribution in [-0.4, -0.2) is 29.9 Å². The Morgan fingerprint density at radius 3 is 2.41 bits per heavy atom. The van der Waals surface area contributed by atoms with Crippen molar-refractivity contribution in [3.63, 3.8) is 0 Å². The number of nitrogens with zero attached hydrogens (tertiary/aromatic N) is 3. The fourth-order valence-corrected chi connectivity index (χ4v) is 3.64. The van der Waals surface area contributed by atoms with E-state index in [9.17, 15) is 14.0 Å². The second-order valence-corrected chi connectivity index (χ2v) is 7.50. The van der Waals surface area contributed by atoms with Crippen LogP contribution >= 0.6 is 0 Å². The SMILES string of the molecule is N#Cc1ccc(CN2CCCN(c3ccc(NC(=O)c4ccccc4F)cc3)C2=O)cc1. The van der Waals surface area contributed by atoms with Gasteiger partial charge in [0.25, 0.3) is 5.91 Å². The van der Waals surface area contributed by atoms with Gasteiger partial charge in [0.15, 0.2) is 0 Å². The molecule has 1 N–H and O–H groups in total. The molecule has 1 fully saturated rings. The van der Waals surface area contributed by atoms with Gasteiger partial charge in [0.05, 0.1) is 17.2 Å². The van der Waals surface area contributed by atoms with Gasteiger partial charge in [-0.2, -0.15) is 5.26 Å². The molecular formula is C25H21FN4O2. The van der Waals surface area contributed by atoms with E-state index in [4.69, 9.17) is 5.26 Å². The molecule has 1 saturated heterocycles. The summed E-state index contributed by atoms with van der Waals surface area (Å²) in [5.41, 5.74) is 2.76. The summed E-state index contributed by atoms with van der Waals surface area (Å²) in [5, 5.41) is 11.6. The Kier molecular flexibility index (Phi) is 6.13. The Balaban J connectivity index is 1.42. The lowest BCUT2D eigenvalue weighted by atomic mass is 10.1. The molecule has 0 bridgehead atoms. The fraction of sp³-hybridized carbons (Fsp3) is 0.160.